The molecule has 5 heteroatoms. The Morgan fingerprint density at radius 2 is 2.27 bits per heavy atom. The fraction of sp³-hybridized carbons (Fsp3) is 0.706. The van der Waals surface area contributed by atoms with E-state index in [1.165, 1.54) is 0 Å². The fourth-order valence-corrected chi connectivity index (χ4v) is 3.31. The van der Waals surface area contributed by atoms with Crippen molar-refractivity contribution in [2.75, 3.05) is 39.9 Å². The Kier molecular flexibility index (Phi) is 5.16. The molecule has 122 valence electrons. The van der Waals surface area contributed by atoms with E-state index in [2.05, 4.69) is 10.2 Å². The van der Waals surface area contributed by atoms with Gasteiger partial charge >= 0.3 is 0 Å². The maximum atomic E-state index is 12.2. The van der Waals surface area contributed by atoms with Gasteiger partial charge in [0.2, 0.25) is 5.91 Å². The van der Waals surface area contributed by atoms with Crippen LogP contribution in [-0.2, 0) is 9.53 Å². The highest BCUT2D eigenvalue weighted by atomic mass is 16.5. The number of methoxy groups -OCH3 is 1. The summed E-state index contributed by atoms with van der Waals surface area (Å²) in [5, 5.41) is 3.14. The second-order valence-corrected chi connectivity index (χ2v) is 6.49. The van der Waals surface area contributed by atoms with Crippen molar-refractivity contribution in [3.63, 3.8) is 0 Å². The van der Waals surface area contributed by atoms with Crippen molar-refractivity contribution in [2.24, 2.45) is 11.8 Å². The third-order valence-electron chi connectivity index (χ3n) is 4.92. The van der Waals surface area contributed by atoms with Crippen LogP contribution < -0.4 is 5.32 Å². The van der Waals surface area contributed by atoms with Crippen LogP contribution in [0.25, 0.3) is 0 Å². The lowest BCUT2D eigenvalue weighted by Gasteiger charge is -2.31. The van der Waals surface area contributed by atoms with E-state index in [9.17, 15) is 4.79 Å². The Hall–Kier alpha value is -1.33. The number of nitrogens with zero attached hydrogens (tertiary/aromatic N) is 1. The second kappa shape index (κ2) is 7.29. The van der Waals surface area contributed by atoms with Crippen LogP contribution in [0.15, 0.2) is 22.8 Å². The molecule has 3 rings (SSSR count). The summed E-state index contributed by atoms with van der Waals surface area (Å²) < 4.78 is 10.5. The molecule has 1 amide bonds. The summed E-state index contributed by atoms with van der Waals surface area (Å²) in [4.78, 5) is 14.6. The maximum Gasteiger partial charge on any atom is 0.223 e. The summed E-state index contributed by atoms with van der Waals surface area (Å²) in [5.74, 6) is 2.18. The van der Waals surface area contributed by atoms with Gasteiger partial charge in [-0.15, -0.1) is 0 Å². The smallest absolute Gasteiger partial charge is 0.223 e. The van der Waals surface area contributed by atoms with E-state index < -0.39 is 0 Å². The minimum atomic E-state index is 0.118. The fourth-order valence-electron chi connectivity index (χ4n) is 3.31. The quantitative estimate of drug-likeness (QED) is 0.835. The highest BCUT2D eigenvalue weighted by Gasteiger charge is 2.45. The molecular formula is C17H26N2O3. The maximum absolute atomic E-state index is 12.2. The summed E-state index contributed by atoms with van der Waals surface area (Å²) in [7, 11) is 1.75. The van der Waals surface area contributed by atoms with Gasteiger partial charge in [-0.2, -0.15) is 0 Å². The highest BCUT2D eigenvalue weighted by Crippen LogP contribution is 2.47. The molecule has 2 heterocycles. The summed E-state index contributed by atoms with van der Waals surface area (Å²) in [5.41, 5.74) is 0. The van der Waals surface area contributed by atoms with Crippen LogP contribution >= 0.6 is 0 Å². The van der Waals surface area contributed by atoms with E-state index in [1.54, 1.807) is 13.4 Å². The molecule has 1 aromatic rings. The van der Waals surface area contributed by atoms with Crippen molar-refractivity contribution < 1.29 is 13.9 Å². The lowest BCUT2D eigenvalue weighted by molar-refractivity contribution is -0.122. The minimum absolute atomic E-state index is 0.118. The molecule has 2 fully saturated rings. The summed E-state index contributed by atoms with van der Waals surface area (Å²) in [6, 6.07) is 3.85. The van der Waals surface area contributed by atoms with E-state index in [4.69, 9.17) is 9.15 Å². The van der Waals surface area contributed by atoms with E-state index in [-0.39, 0.29) is 11.8 Å². The average Bonchev–Trinajstić information content (AvgIpc) is 3.17. The van der Waals surface area contributed by atoms with Crippen molar-refractivity contribution >= 4 is 5.91 Å². The number of ether oxygens (including phenoxy) is 1. The van der Waals surface area contributed by atoms with Crippen LogP contribution in [0.5, 0.6) is 0 Å². The monoisotopic (exact) mass is 306 g/mol. The molecule has 0 aromatic carbocycles. The van der Waals surface area contributed by atoms with Crippen molar-refractivity contribution in [1.82, 2.24) is 10.2 Å². The zero-order valence-electron chi connectivity index (χ0n) is 13.3. The van der Waals surface area contributed by atoms with Gasteiger partial charge in [-0.25, -0.2) is 0 Å². The lowest BCUT2D eigenvalue weighted by Crippen LogP contribution is -2.40. The molecule has 0 spiro atoms. The standard InChI is InChI=1S/C17H26N2O3/c1-21-10-8-19-6-4-13(5-7-19)12-18-17(20)15-11-14(15)16-3-2-9-22-16/h2-3,9,13-15H,4-8,10-12H2,1H3,(H,18,20)/t14-,15-/m1/s1. The van der Waals surface area contributed by atoms with Gasteiger partial charge in [-0.3, -0.25) is 4.79 Å². The molecular weight excluding hydrogens is 280 g/mol. The Morgan fingerprint density at radius 1 is 1.45 bits per heavy atom. The number of nitrogens with one attached hydrogen (secondary N) is 1. The van der Waals surface area contributed by atoms with Crippen molar-refractivity contribution in [3.8, 4) is 0 Å². The van der Waals surface area contributed by atoms with Gasteiger partial charge in [-0.05, 0) is 50.4 Å². The Balaban J connectivity index is 1.33. The average molecular weight is 306 g/mol. The van der Waals surface area contributed by atoms with E-state index in [1.807, 2.05) is 12.1 Å². The SMILES string of the molecule is COCCN1CCC(CNC(=O)[C@@H]2C[C@H]2c2ccco2)CC1. The number of amides is 1. The molecule has 1 saturated heterocycles. The summed E-state index contributed by atoms with van der Waals surface area (Å²) >= 11 is 0. The molecule has 0 radical (unpaired) electrons. The number of piperidine rings is 1. The van der Waals surface area contributed by atoms with Crippen LogP contribution in [-0.4, -0.2) is 50.7 Å². The third-order valence-corrected chi connectivity index (χ3v) is 4.92. The van der Waals surface area contributed by atoms with Gasteiger partial charge in [-0.1, -0.05) is 0 Å². The van der Waals surface area contributed by atoms with Crippen LogP contribution in [0, 0.1) is 11.8 Å². The first-order chi connectivity index (χ1) is 10.8. The molecule has 1 aliphatic carbocycles. The summed E-state index contributed by atoms with van der Waals surface area (Å²) in [6.45, 7) is 4.86. The van der Waals surface area contributed by atoms with Gasteiger partial charge < -0.3 is 19.4 Å². The van der Waals surface area contributed by atoms with E-state index >= 15 is 0 Å². The summed E-state index contributed by atoms with van der Waals surface area (Å²) in [6.07, 6.45) is 4.93. The van der Waals surface area contributed by atoms with Gasteiger partial charge in [0.25, 0.3) is 0 Å². The lowest BCUT2D eigenvalue weighted by atomic mass is 9.97. The zero-order valence-corrected chi connectivity index (χ0v) is 13.3. The van der Waals surface area contributed by atoms with Crippen LogP contribution in [0.2, 0.25) is 0 Å². The number of furan rings is 1. The molecule has 1 saturated carbocycles. The Morgan fingerprint density at radius 3 is 2.95 bits per heavy atom. The minimum Gasteiger partial charge on any atom is -0.469 e. The van der Waals surface area contributed by atoms with Crippen molar-refractivity contribution in [2.45, 2.75) is 25.2 Å². The first kappa shape index (κ1) is 15.6. The largest absolute Gasteiger partial charge is 0.469 e. The molecule has 0 unspecified atom stereocenters. The van der Waals surface area contributed by atoms with Crippen LogP contribution in [0.4, 0.5) is 0 Å². The number of likely N-dealkylation sites (tertiary alicyclic amines) is 1. The second-order valence-electron chi connectivity index (χ2n) is 6.49. The van der Waals surface area contributed by atoms with Crippen LogP contribution in [0.1, 0.15) is 30.9 Å². The molecule has 1 aliphatic heterocycles. The molecule has 2 atom stereocenters. The van der Waals surface area contributed by atoms with Gasteiger partial charge in [0, 0.05) is 32.0 Å². The van der Waals surface area contributed by atoms with Gasteiger partial charge in [0.15, 0.2) is 0 Å². The Labute approximate surface area is 132 Å². The number of hydrogen-bond donors (Lipinski definition) is 1. The number of rotatable bonds is 7. The third kappa shape index (κ3) is 3.90. The van der Waals surface area contributed by atoms with Gasteiger partial charge in [0.1, 0.15) is 5.76 Å². The van der Waals surface area contributed by atoms with Crippen LogP contribution in [0.3, 0.4) is 0 Å². The predicted octanol–water partition coefficient (Wildman–Crippen LogP) is 1.86. The molecule has 0 bridgehead atoms. The number of carbonyl (C=O) groups is 1. The van der Waals surface area contributed by atoms with E-state index in [0.29, 0.717) is 11.8 Å². The topological polar surface area (TPSA) is 54.7 Å². The molecule has 5 nitrogen and oxygen atoms in total. The Bertz CT molecular complexity index is 466. The zero-order chi connectivity index (χ0) is 15.4. The molecule has 2 aliphatic rings. The van der Waals surface area contributed by atoms with E-state index in [0.717, 1.165) is 57.8 Å². The molecule has 22 heavy (non-hydrogen) atoms. The molecule has 1 N–H and O–H groups in total. The predicted molar refractivity (Wildman–Crippen MR) is 83.6 cm³/mol. The normalized spacial score (nSPS) is 26.0. The first-order valence-electron chi connectivity index (χ1n) is 8.30. The van der Waals surface area contributed by atoms with Crippen molar-refractivity contribution in [1.29, 1.82) is 0 Å². The van der Waals surface area contributed by atoms with Gasteiger partial charge in [0.05, 0.1) is 12.9 Å². The number of hydrogen-bond acceptors (Lipinski definition) is 4. The first-order valence-corrected chi connectivity index (χ1v) is 8.30. The number of carbonyl (C=O) groups excluding carboxylic acids is 1. The highest BCUT2D eigenvalue weighted by molar-refractivity contribution is 5.82. The molecule has 1 aromatic heterocycles. The van der Waals surface area contributed by atoms with Crippen molar-refractivity contribution in [3.05, 3.63) is 24.2 Å².